The van der Waals surface area contributed by atoms with Gasteiger partial charge in [-0.05, 0) is 49.6 Å². The molecule has 1 aromatic carbocycles. The highest BCUT2D eigenvalue weighted by Crippen LogP contribution is 2.31. The summed E-state index contributed by atoms with van der Waals surface area (Å²) in [6.07, 6.45) is 2.88. The first-order valence-corrected chi connectivity index (χ1v) is 7.68. The normalized spacial score (nSPS) is 19.2. The van der Waals surface area contributed by atoms with Crippen molar-refractivity contribution in [3.8, 4) is 0 Å². The van der Waals surface area contributed by atoms with Crippen LogP contribution in [0.1, 0.15) is 29.6 Å². The molecule has 0 saturated heterocycles. The van der Waals surface area contributed by atoms with Gasteiger partial charge < -0.3 is 22.1 Å². The minimum Gasteiger partial charge on any atom is -0.368 e. The molecule has 1 aliphatic carbocycles. The third kappa shape index (κ3) is 5.21. The maximum Gasteiger partial charge on any atom is 0.251 e. The first-order valence-electron chi connectivity index (χ1n) is 7.68. The molecule has 6 N–H and O–H groups in total. The van der Waals surface area contributed by atoms with E-state index in [2.05, 4.69) is 10.6 Å². The predicted molar refractivity (Wildman–Crippen MR) is 93.7 cm³/mol. The van der Waals surface area contributed by atoms with Gasteiger partial charge in [0.2, 0.25) is 11.8 Å². The van der Waals surface area contributed by atoms with Crippen LogP contribution in [0, 0.1) is 11.8 Å². The van der Waals surface area contributed by atoms with Crippen molar-refractivity contribution >= 4 is 35.8 Å². The van der Waals surface area contributed by atoms with Crippen molar-refractivity contribution in [3.05, 3.63) is 29.8 Å². The highest BCUT2D eigenvalue weighted by Gasteiger charge is 2.31. The van der Waals surface area contributed by atoms with E-state index in [9.17, 15) is 14.4 Å². The van der Waals surface area contributed by atoms with Crippen LogP contribution in [0.15, 0.2) is 24.3 Å². The Balaban J connectivity index is 0.00000288. The summed E-state index contributed by atoms with van der Waals surface area (Å²) in [6.45, 7) is 0.316. The summed E-state index contributed by atoms with van der Waals surface area (Å²) >= 11 is 0. The first kappa shape index (κ1) is 19.9. The van der Waals surface area contributed by atoms with Crippen molar-refractivity contribution in [2.24, 2.45) is 23.3 Å². The highest BCUT2D eigenvalue weighted by atomic mass is 35.5. The number of nitrogens with two attached hydrogens (primary N) is 2. The fraction of sp³-hybridized carbons (Fsp3) is 0.438. The zero-order valence-corrected chi connectivity index (χ0v) is 14.1. The quantitative estimate of drug-likeness (QED) is 0.597. The number of carbonyl (C=O) groups is 3. The SMILES string of the molecule is Cl.NC[C@H]1CCC[C@H]1C(=O)Nc1ccc(C(=O)NCC(N)=O)cc1. The van der Waals surface area contributed by atoms with Crippen molar-refractivity contribution < 1.29 is 14.4 Å². The number of hydrogen-bond donors (Lipinski definition) is 4. The van der Waals surface area contributed by atoms with Crippen LogP contribution in [0.3, 0.4) is 0 Å². The third-order valence-corrected chi connectivity index (χ3v) is 4.14. The average Bonchev–Trinajstić information content (AvgIpc) is 3.02. The number of carbonyl (C=O) groups excluding carboxylic acids is 3. The molecule has 0 radical (unpaired) electrons. The zero-order chi connectivity index (χ0) is 16.8. The van der Waals surface area contributed by atoms with Gasteiger partial charge in [-0.15, -0.1) is 12.4 Å². The lowest BCUT2D eigenvalue weighted by molar-refractivity contribution is -0.120. The Morgan fingerprint density at radius 1 is 1.12 bits per heavy atom. The summed E-state index contributed by atoms with van der Waals surface area (Å²) in [5, 5.41) is 5.27. The molecule has 132 valence electrons. The number of nitrogens with one attached hydrogen (secondary N) is 2. The molecule has 8 heteroatoms. The van der Waals surface area contributed by atoms with Crippen LogP contribution in [-0.2, 0) is 9.59 Å². The van der Waals surface area contributed by atoms with E-state index in [4.69, 9.17) is 11.5 Å². The molecule has 0 spiro atoms. The molecule has 2 rings (SSSR count). The van der Waals surface area contributed by atoms with Gasteiger partial charge in [0.15, 0.2) is 0 Å². The number of benzene rings is 1. The van der Waals surface area contributed by atoms with Crippen molar-refractivity contribution in [3.63, 3.8) is 0 Å². The first-order chi connectivity index (χ1) is 11.0. The van der Waals surface area contributed by atoms with E-state index in [-0.39, 0.29) is 42.6 Å². The van der Waals surface area contributed by atoms with Gasteiger partial charge in [-0.1, -0.05) is 6.42 Å². The summed E-state index contributed by atoms with van der Waals surface area (Å²) in [4.78, 5) is 34.7. The van der Waals surface area contributed by atoms with Crippen LogP contribution < -0.4 is 22.1 Å². The van der Waals surface area contributed by atoms with Gasteiger partial charge in [0.05, 0.1) is 6.54 Å². The Labute approximate surface area is 146 Å². The monoisotopic (exact) mass is 354 g/mol. The second-order valence-electron chi connectivity index (χ2n) is 5.75. The van der Waals surface area contributed by atoms with Gasteiger partial charge in [-0.3, -0.25) is 14.4 Å². The van der Waals surface area contributed by atoms with E-state index >= 15 is 0 Å². The maximum atomic E-state index is 12.3. The molecular weight excluding hydrogens is 332 g/mol. The van der Waals surface area contributed by atoms with Crippen LogP contribution >= 0.6 is 12.4 Å². The minimum atomic E-state index is -0.603. The van der Waals surface area contributed by atoms with Gasteiger partial charge in [-0.2, -0.15) is 0 Å². The Hall–Kier alpha value is -2.12. The average molecular weight is 355 g/mol. The molecule has 3 amide bonds. The fourth-order valence-corrected chi connectivity index (χ4v) is 2.87. The number of hydrogen-bond acceptors (Lipinski definition) is 4. The summed E-state index contributed by atoms with van der Waals surface area (Å²) in [5.74, 6) is -0.815. The standard InChI is InChI=1S/C16H22N4O3.ClH/c17-8-11-2-1-3-13(11)16(23)20-12-6-4-10(5-7-12)15(22)19-9-14(18)21;/h4-7,11,13H,1-3,8-9,17H2,(H2,18,21)(H,19,22)(H,20,23);1H/t11-,13-;/m1./s1. The van der Waals surface area contributed by atoms with E-state index in [1.54, 1.807) is 24.3 Å². The molecule has 0 aliphatic heterocycles. The Bertz CT molecular complexity index is 591. The molecule has 2 atom stereocenters. The molecular formula is C16H23ClN4O3. The molecule has 7 nitrogen and oxygen atoms in total. The molecule has 0 unspecified atom stereocenters. The van der Waals surface area contributed by atoms with Gasteiger partial charge in [0.1, 0.15) is 0 Å². The largest absolute Gasteiger partial charge is 0.368 e. The van der Waals surface area contributed by atoms with Gasteiger partial charge in [0.25, 0.3) is 5.91 Å². The Kier molecular flexibility index (Phi) is 7.67. The van der Waals surface area contributed by atoms with E-state index in [0.29, 0.717) is 17.8 Å². The van der Waals surface area contributed by atoms with E-state index in [1.807, 2.05) is 0 Å². The van der Waals surface area contributed by atoms with Gasteiger partial charge in [0, 0.05) is 17.2 Å². The lowest BCUT2D eigenvalue weighted by atomic mass is 9.95. The molecule has 1 fully saturated rings. The molecule has 0 heterocycles. The number of halogens is 1. The Morgan fingerprint density at radius 3 is 2.38 bits per heavy atom. The number of anilines is 1. The topological polar surface area (TPSA) is 127 Å². The van der Waals surface area contributed by atoms with Gasteiger partial charge in [-0.25, -0.2) is 0 Å². The van der Waals surface area contributed by atoms with Crippen LogP contribution in [0.2, 0.25) is 0 Å². The van der Waals surface area contributed by atoms with Crippen LogP contribution in [-0.4, -0.2) is 30.8 Å². The van der Waals surface area contributed by atoms with Crippen molar-refractivity contribution in [1.82, 2.24) is 5.32 Å². The zero-order valence-electron chi connectivity index (χ0n) is 13.3. The molecule has 1 aromatic rings. The van der Waals surface area contributed by atoms with Gasteiger partial charge >= 0.3 is 0 Å². The van der Waals surface area contributed by atoms with Crippen LogP contribution in [0.4, 0.5) is 5.69 Å². The summed E-state index contributed by atoms with van der Waals surface area (Å²) < 4.78 is 0. The number of amides is 3. The lowest BCUT2D eigenvalue weighted by Gasteiger charge is -2.17. The van der Waals surface area contributed by atoms with E-state index < -0.39 is 5.91 Å². The summed E-state index contributed by atoms with van der Waals surface area (Å²) in [6, 6.07) is 6.48. The number of rotatable bonds is 6. The molecule has 0 bridgehead atoms. The van der Waals surface area contributed by atoms with E-state index in [1.165, 1.54) is 0 Å². The third-order valence-electron chi connectivity index (χ3n) is 4.14. The minimum absolute atomic E-state index is 0. The van der Waals surface area contributed by atoms with E-state index in [0.717, 1.165) is 19.3 Å². The summed E-state index contributed by atoms with van der Waals surface area (Å²) in [5.41, 5.74) is 11.7. The van der Waals surface area contributed by atoms with Crippen LogP contribution in [0.25, 0.3) is 0 Å². The lowest BCUT2D eigenvalue weighted by Crippen LogP contribution is -2.33. The maximum absolute atomic E-state index is 12.3. The second-order valence-corrected chi connectivity index (χ2v) is 5.75. The number of primary amides is 1. The van der Waals surface area contributed by atoms with Crippen LogP contribution in [0.5, 0.6) is 0 Å². The molecule has 24 heavy (non-hydrogen) atoms. The molecule has 1 saturated carbocycles. The molecule has 1 aliphatic rings. The highest BCUT2D eigenvalue weighted by molar-refractivity contribution is 5.97. The molecule has 0 aromatic heterocycles. The smallest absolute Gasteiger partial charge is 0.251 e. The summed E-state index contributed by atoms with van der Waals surface area (Å²) in [7, 11) is 0. The second kappa shape index (κ2) is 9.24. The predicted octanol–water partition coefficient (Wildman–Crippen LogP) is 0.637. The van der Waals surface area contributed by atoms with Crippen molar-refractivity contribution in [1.29, 1.82) is 0 Å². The fourth-order valence-electron chi connectivity index (χ4n) is 2.87. The Morgan fingerprint density at radius 2 is 1.79 bits per heavy atom. The van der Waals surface area contributed by atoms with Crippen molar-refractivity contribution in [2.45, 2.75) is 19.3 Å². The van der Waals surface area contributed by atoms with Crippen molar-refractivity contribution in [2.75, 3.05) is 18.4 Å².